The molecule has 0 amide bonds. The maximum absolute atomic E-state index is 12.2. The van der Waals surface area contributed by atoms with Crippen LogP contribution in [-0.2, 0) is 9.53 Å². The van der Waals surface area contributed by atoms with Crippen LogP contribution in [0.4, 0.5) is 5.69 Å². The molecule has 3 rings (SSSR count). The summed E-state index contributed by atoms with van der Waals surface area (Å²) < 4.78 is 15.9. The summed E-state index contributed by atoms with van der Waals surface area (Å²) in [4.78, 5) is 26.8. The van der Waals surface area contributed by atoms with Gasteiger partial charge in [-0.3, -0.25) is 10.1 Å². The van der Waals surface area contributed by atoms with Gasteiger partial charge in [-0.25, -0.2) is 9.79 Å². The Morgan fingerprint density at radius 1 is 1.27 bits per heavy atom. The van der Waals surface area contributed by atoms with Crippen LogP contribution < -0.4 is 9.47 Å². The molecule has 8 nitrogen and oxygen atoms in total. The Balaban J connectivity index is 1.96. The molecule has 1 heterocycles. The van der Waals surface area contributed by atoms with Gasteiger partial charge >= 0.3 is 5.97 Å². The Kier molecular flexibility index (Phi) is 6.39. The normalized spacial score (nSPS) is 14.3. The zero-order chi connectivity index (χ0) is 21.8. The number of ether oxygens (including phenoxy) is 3. The van der Waals surface area contributed by atoms with Gasteiger partial charge < -0.3 is 14.2 Å². The van der Waals surface area contributed by atoms with Crippen LogP contribution in [0.3, 0.4) is 0 Å². The van der Waals surface area contributed by atoms with E-state index in [0.717, 1.165) is 0 Å². The third-order valence-electron chi connectivity index (χ3n) is 3.91. The van der Waals surface area contributed by atoms with Crippen molar-refractivity contribution in [1.29, 1.82) is 0 Å². The van der Waals surface area contributed by atoms with Gasteiger partial charge in [0.1, 0.15) is 11.6 Å². The monoisotopic (exact) mass is 448 g/mol. The number of hydrogen-bond donors (Lipinski definition) is 0. The van der Waals surface area contributed by atoms with Crippen molar-refractivity contribution in [2.45, 2.75) is 0 Å². The highest BCUT2D eigenvalue weighted by Gasteiger charge is 2.26. The summed E-state index contributed by atoms with van der Waals surface area (Å²) in [6.45, 7) is 3.82. The molecule has 0 N–H and O–H groups in total. The molecule has 0 unspecified atom stereocenters. The second-order valence-corrected chi connectivity index (χ2v) is 6.71. The quantitative estimate of drug-likeness (QED) is 0.198. The SMILES string of the molecule is C=CCOc1c(Cl)cc(C=C2N=C(c3ccc(Cl)c([N+](=O)[O-])c3)OC2=O)cc1OC. The van der Waals surface area contributed by atoms with E-state index >= 15 is 0 Å². The highest BCUT2D eigenvalue weighted by Crippen LogP contribution is 2.37. The van der Waals surface area contributed by atoms with Crippen molar-refractivity contribution in [2.24, 2.45) is 4.99 Å². The minimum Gasteiger partial charge on any atom is -0.493 e. The molecule has 0 spiro atoms. The maximum atomic E-state index is 12.2. The number of cyclic esters (lactones) is 1. The van der Waals surface area contributed by atoms with Gasteiger partial charge in [-0.15, -0.1) is 0 Å². The van der Waals surface area contributed by atoms with Crippen molar-refractivity contribution >= 4 is 46.8 Å². The number of carbonyl (C=O) groups excluding carboxylic acids is 1. The Morgan fingerprint density at radius 2 is 2.03 bits per heavy atom. The third-order valence-corrected chi connectivity index (χ3v) is 4.51. The molecule has 0 saturated carbocycles. The summed E-state index contributed by atoms with van der Waals surface area (Å²) in [5.41, 5.74) is 0.422. The minimum absolute atomic E-state index is 0.0134. The first-order chi connectivity index (χ1) is 14.3. The molecule has 10 heteroatoms. The number of benzene rings is 2. The Bertz CT molecular complexity index is 1110. The molecule has 30 heavy (non-hydrogen) atoms. The fourth-order valence-corrected chi connectivity index (χ4v) is 3.04. The van der Waals surface area contributed by atoms with E-state index in [9.17, 15) is 14.9 Å². The number of esters is 1. The van der Waals surface area contributed by atoms with E-state index in [1.807, 2.05) is 0 Å². The fraction of sp³-hybridized carbons (Fsp3) is 0.100. The van der Waals surface area contributed by atoms with Crippen LogP contribution in [0, 0.1) is 10.1 Å². The van der Waals surface area contributed by atoms with E-state index < -0.39 is 10.9 Å². The molecule has 2 aromatic carbocycles. The summed E-state index contributed by atoms with van der Waals surface area (Å²) in [5, 5.41) is 11.3. The van der Waals surface area contributed by atoms with Gasteiger partial charge in [0.2, 0.25) is 5.90 Å². The molecular weight excluding hydrogens is 435 g/mol. The number of aliphatic imine (C=N–C) groups is 1. The van der Waals surface area contributed by atoms with Gasteiger partial charge in [-0.05, 0) is 35.9 Å². The van der Waals surface area contributed by atoms with E-state index in [-0.39, 0.29) is 39.5 Å². The number of halogens is 2. The lowest BCUT2D eigenvalue weighted by atomic mass is 10.1. The van der Waals surface area contributed by atoms with Crippen LogP contribution in [0.2, 0.25) is 10.0 Å². The maximum Gasteiger partial charge on any atom is 0.363 e. The fourth-order valence-electron chi connectivity index (χ4n) is 2.58. The average molecular weight is 449 g/mol. The van der Waals surface area contributed by atoms with Crippen molar-refractivity contribution in [3.63, 3.8) is 0 Å². The van der Waals surface area contributed by atoms with E-state index in [4.69, 9.17) is 37.4 Å². The summed E-state index contributed by atoms with van der Waals surface area (Å²) in [7, 11) is 1.46. The summed E-state index contributed by atoms with van der Waals surface area (Å²) in [6.07, 6.45) is 3.02. The van der Waals surface area contributed by atoms with Crippen LogP contribution in [0.5, 0.6) is 11.5 Å². The van der Waals surface area contributed by atoms with E-state index in [2.05, 4.69) is 11.6 Å². The summed E-state index contributed by atoms with van der Waals surface area (Å²) >= 11 is 12.1. The highest BCUT2D eigenvalue weighted by atomic mass is 35.5. The lowest BCUT2D eigenvalue weighted by Gasteiger charge is -2.12. The molecule has 2 aromatic rings. The first-order valence-corrected chi connectivity index (χ1v) is 9.17. The van der Waals surface area contributed by atoms with Gasteiger partial charge in [0.15, 0.2) is 17.2 Å². The minimum atomic E-state index is -0.718. The second kappa shape index (κ2) is 8.98. The number of rotatable bonds is 7. The van der Waals surface area contributed by atoms with E-state index in [0.29, 0.717) is 17.1 Å². The van der Waals surface area contributed by atoms with Crippen molar-refractivity contribution < 1.29 is 23.9 Å². The molecule has 1 aliphatic rings. The molecule has 0 bridgehead atoms. The van der Waals surface area contributed by atoms with Crippen molar-refractivity contribution in [3.8, 4) is 11.5 Å². The van der Waals surface area contributed by atoms with Crippen molar-refractivity contribution in [3.05, 3.63) is 80.0 Å². The van der Waals surface area contributed by atoms with Gasteiger partial charge in [0.05, 0.1) is 17.1 Å². The number of methoxy groups -OCH3 is 1. The van der Waals surface area contributed by atoms with Gasteiger partial charge in [-0.2, -0.15) is 0 Å². The molecule has 0 radical (unpaired) electrons. The molecule has 0 fully saturated rings. The third kappa shape index (κ3) is 4.45. The van der Waals surface area contributed by atoms with Crippen molar-refractivity contribution in [2.75, 3.05) is 13.7 Å². The largest absolute Gasteiger partial charge is 0.493 e. The zero-order valence-corrected chi connectivity index (χ0v) is 17.1. The second-order valence-electron chi connectivity index (χ2n) is 5.89. The van der Waals surface area contributed by atoms with Gasteiger partial charge in [0.25, 0.3) is 5.69 Å². The average Bonchev–Trinajstić information content (AvgIpc) is 3.07. The Hall–Kier alpha value is -3.36. The topological polar surface area (TPSA) is 100 Å². The molecule has 1 aliphatic heterocycles. The Labute approximate surface area is 181 Å². The first-order valence-electron chi connectivity index (χ1n) is 8.42. The number of nitrogens with zero attached hydrogens (tertiary/aromatic N) is 2. The number of nitro groups is 1. The van der Waals surface area contributed by atoms with E-state index in [1.54, 1.807) is 18.2 Å². The summed E-state index contributed by atoms with van der Waals surface area (Å²) in [5.74, 6) is -0.0901. The van der Waals surface area contributed by atoms with Gasteiger partial charge in [-0.1, -0.05) is 35.9 Å². The molecular formula is C20H14Cl2N2O6. The lowest BCUT2D eigenvalue weighted by molar-refractivity contribution is -0.384. The van der Waals surface area contributed by atoms with E-state index in [1.165, 1.54) is 31.4 Å². The molecule has 0 saturated heterocycles. The van der Waals surface area contributed by atoms with Crippen molar-refractivity contribution in [1.82, 2.24) is 0 Å². The zero-order valence-electron chi connectivity index (χ0n) is 15.6. The number of carbonyl (C=O) groups is 1. The van der Waals surface area contributed by atoms with Crippen LogP contribution >= 0.6 is 23.2 Å². The van der Waals surface area contributed by atoms with Crippen LogP contribution in [-0.4, -0.2) is 30.5 Å². The molecule has 154 valence electrons. The number of nitro benzene ring substituents is 1. The predicted molar refractivity (Wildman–Crippen MR) is 112 cm³/mol. The standard InChI is InChI=1S/C20H14Cl2N2O6/c1-3-6-29-18-14(22)7-11(9-17(18)28-2)8-15-20(25)30-19(23-15)12-4-5-13(21)16(10-12)24(26)27/h3-5,7-10H,1,6H2,2H3. The van der Waals surface area contributed by atoms with Crippen LogP contribution in [0.15, 0.2) is 53.7 Å². The number of hydrogen-bond acceptors (Lipinski definition) is 7. The van der Waals surface area contributed by atoms with Gasteiger partial charge in [0, 0.05) is 11.6 Å². The Morgan fingerprint density at radius 3 is 2.70 bits per heavy atom. The predicted octanol–water partition coefficient (Wildman–Crippen LogP) is 4.82. The first kappa shape index (κ1) is 21.4. The molecule has 0 atom stereocenters. The molecule has 0 aromatic heterocycles. The molecule has 0 aliphatic carbocycles. The lowest BCUT2D eigenvalue weighted by Crippen LogP contribution is -2.06. The van der Waals surface area contributed by atoms with Crippen LogP contribution in [0.25, 0.3) is 6.08 Å². The summed E-state index contributed by atoms with van der Waals surface area (Å²) in [6, 6.07) is 7.17. The van der Waals surface area contributed by atoms with Crippen LogP contribution in [0.1, 0.15) is 11.1 Å². The smallest absolute Gasteiger partial charge is 0.363 e. The highest BCUT2D eigenvalue weighted by molar-refractivity contribution is 6.33.